The molecule has 0 aliphatic rings. The van der Waals surface area contributed by atoms with E-state index in [9.17, 15) is 5.11 Å². The van der Waals surface area contributed by atoms with Crippen LogP contribution in [-0.4, -0.2) is 12.2 Å². The summed E-state index contributed by atoms with van der Waals surface area (Å²) in [5, 5.41) is 9.78. The van der Waals surface area contributed by atoms with Crippen LogP contribution < -0.4 is 4.74 Å². The summed E-state index contributed by atoms with van der Waals surface area (Å²) in [4.78, 5) is 2.07. The first-order valence-corrected chi connectivity index (χ1v) is 6.19. The van der Waals surface area contributed by atoms with Crippen LogP contribution in [0.5, 0.6) is 11.5 Å². The first-order valence-electron chi connectivity index (χ1n) is 4.99. The van der Waals surface area contributed by atoms with Gasteiger partial charge in [0.1, 0.15) is 11.5 Å². The monoisotopic (exact) mass is 266 g/mol. The summed E-state index contributed by atoms with van der Waals surface area (Å²) in [6.45, 7) is 0. The molecule has 2 aromatic carbocycles. The maximum Gasteiger partial charge on any atom is 0.137 e. The fraction of sp³-hybridized carbons (Fsp3) is 0.0769. The van der Waals surface area contributed by atoms with Crippen LogP contribution in [0.2, 0.25) is 5.02 Å². The number of aromatic hydroxyl groups is 1. The normalized spacial score (nSPS) is 10.2. The lowest BCUT2D eigenvalue weighted by molar-refractivity contribution is 0.414. The molecule has 2 rings (SSSR count). The Morgan fingerprint density at radius 3 is 2.29 bits per heavy atom. The van der Waals surface area contributed by atoms with Crippen LogP contribution >= 0.6 is 23.4 Å². The average molecular weight is 267 g/mol. The van der Waals surface area contributed by atoms with E-state index >= 15 is 0 Å². The Balaban J connectivity index is 2.19. The Labute approximate surface area is 109 Å². The lowest BCUT2D eigenvalue weighted by atomic mass is 10.3. The summed E-state index contributed by atoms with van der Waals surface area (Å²) in [5.41, 5.74) is 0. The number of benzene rings is 2. The molecule has 2 nitrogen and oxygen atoms in total. The van der Waals surface area contributed by atoms with Gasteiger partial charge in [0, 0.05) is 9.79 Å². The zero-order valence-corrected chi connectivity index (χ0v) is 10.8. The number of methoxy groups -OCH3 is 1. The summed E-state index contributed by atoms with van der Waals surface area (Å²) < 4.78 is 5.09. The summed E-state index contributed by atoms with van der Waals surface area (Å²) in [7, 11) is 1.59. The molecular weight excluding hydrogens is 256 g/mol. The standard InChI is InChI=1S/C13H11ClO2S/c1-16-13-7-6-11(8-12(13)14)17-10-4-2-9(15)3-5-10/h2-8,15H,1H3. The van der Waals surface area contributed by atoms with Crippen molar-refractivity contribution in [1.82, 2.24) is 0 Å². The molecule has 0 atom stereocenters. The number of hydrogen-bond donors (Lipinski definition) is 1. The Bertz CT molecular complexity index is 511. The second-order valence-electron chi connectivity index (χ2n) is 3.39. The van der Waals surface area contributed by atoms with Gasteiger partial charge >= 0.3 is 0 Å². The molecule has 0 fully saturated rings. The third-order valence-corrected chi connectivity index (χ3v) is 3.49. The fourth-order valence-electron chi connectivity index (χ4n) is 1.36. The second-order valence-corrected chi connectivity index (χ2v) is 4.95. The second kappa shape index (κ2) is 5.34. The van der Waals surface area contributed by atoms with Crippen molar-refractivity contribution in [3.63, 3.8) is 0 Å². The minimum atomic E-state index is 0.266. The smallest absolute Gasteiger partial charge is 0.137 e. The molecule has 88 valence electrons. The van der Waals surface area contributed by atoms with Crippen LogP contribution in [0.4, 0.5) is 0 Å². The minimum absolute atomic E-state index is 0.266. The van der Waals surface area contributed by atoms with Gasteiger partial charge in [-0.05, 0) is 42.5 Å². The van der Waals surface area contributed by atoms with Crippen LogP contribution in [0.15, 0.2) is 52.3 Å². The highest BCUT2D eigenvalue weighted by atomic mass is 35.5. The molecule has 0 amide bonds. The van der Waals surface area contributed by atoms with Gasteiger partial charge in [0.05, 0.1) is 12.1 Å². The molecule has 0 unspecified atom stereocenters. The van der Waals surface area contributed by atoms with Crippen molar-refractivity contribution in [2.24, 2.45) is 0 Å². The largest absolute Gasteiger partial charge is 0.508 e. The number of phenols is 1. The van der Waals surface area contributed by atoms with E-state index in [2.05, 4.69) is 0 Å². The van der Waals surface area contributed by atoms with E-state index in [0.717, 1.165) is 9.79 Å². The van der Waals surface area contributed by atoms with Crippen molar-refractivity contribution in [1.29, 1.82) is 0 Å². The van der Waals surface area contributed by atoms with Gasteiger partial charge < -0.3 is 9.84 Å². The van der Waals surface area contributed by atoms with E-state index in [1.54, 1.807) is 31.0 Å². The van der Waals surface area contributed by atoms with E-state index in [1.807, 2.05) is 30.3 Å². The summed E-state index contributed by atoms with van der Waals surface area (Å²) in [6.07, 6.45) is 0. The zero-order chi connectivity index (χ0) is 12.3. The van der Waals surface area contributed by atoms with E-state index < -0.39 is 0 Å². The van der Waals surface area contributed by atoms with Gasteiger partial charge in [-0.25, -0.2) is 0 Å². The number of ether oxygens (including phenoxy) is 1. The lowest BCUT2D eigenvalue weighted by Crippen LogP contribution is -1.83. The number of hydrogen-bond acceptors (Lipinski definition) is 3. The van der Waals surface area contributed by atoms with Gasteiger partial charge in [-0.15, -0.1) is 0 Å². The molecule has 0 spiro atoms. The summed E-state index contributed by atoms with van der Waals surface area (Å²) >= 11 is 7.62. The highest BCUT2D eigenvalue weighted by Crippen LogP contribution is 2.33. The number of halogens is 1. The first-order chi connectivity index (χ1) is 8.19. The van der Waals surface area contributed by atoms with Crippen LogP contribution in [0.3, 0.4) is 0 Å². The topological polar surface area (TPSA) is 29.5 Å². The van der Waals surface area contributed by atoms with Crippen LogP contribution in [0, 0.1) is 0 Å². The van der Waals surface area contributed by atoms with Crippen LogP contribution in [-0.2, 0) is 0 Å². The maximum atomic E-state index is 9.19. The number of phenolic OH excluding ortho intramolecular Hbond substituents is 1. The molecule has 0 aliphatic heterocycles. The Morgan fingerprint density at radius 1 is 1.06 bits per heavy atom. The van der Waals surface area contributed by atoms with Gasteiger partial charge in [0.25, 0.3) is 0 Å². The zero-order valence-electron chi connectivity index (χ0n) is 9.18. The van der Waals surface area contributed by atoms with Crippen LogP contribution in [0.25, 0.3) is 0 Å². The highest BCUT2D eigenvalue weighted by Gasteiger charge is 2.03. The van der Waals surface area contributed by atoms with Crippen LogP contribution in [0.1, 0.15) is 0 Å². The van der Waals surface area contributed by atoms with Crippen molar-refractivity contribution in [3.8, 4) is 11.5 Å². The Kier molecular flexibility index (Phi) is 3.82. The molecular formula is C13H11ClO2S. The Hall–Kier alpha value is -1.32. The molecule has 0 aliphatic carbocycles. The molecule has 17 heavy (non-hydrogen) atoms. The molecule has 0 radical (unpaired) electrons. The predicted octanol–water partition coefficient (Wildman–Crippen LogP) is 4.21. The first kappa shape index (κ1) is 12.1. The SMILES string of the molecule is COc1ccc(Sc2ccc(O)cc2)cc1Cl. The van der Waals surface area contributed by atoms with Crippen molar-refractivity contribution in [2.75, 3.05) is 7.11 Å². The summed E-state index contributed by atoms with van der Waals surface area (Å²) in [5.74, 6) is 0.934. The molecule has 0 bridgehead atoms. The molecule has 0 heterocycles. The van der Waals surface area contributed by atoms with E-state index in [1.165, 1.54) is 0 Å². The van der Waals surface area contributed by atoms with Gasteiger partial charge in [-0.2, -0.15) is 0 Å². The molecule has 0 aromatic heterocycles. The molecule has 0 saturated heterocycles. The lowest BCUT2D eigenvalue weighted by Gasteiger charge is -2.06. The third-order valence-electron chi connectivity index (χ3n) is 2.20. The maximum absolute atomic E-state index is 9.19. The summed E-state index contributed by atoms with van der Waals surface area (Å²) in [6, 6.07) is 12.7. The average Bonchev–Trinajstić information content (AvgIpc) is 2.32. The molecule has 1 N–H and O–H groups in total. The Morgan fingerprint density at radius 2 is 1.71 bits per heavy atom. The van der Waals surface area contributed by atoms with E-state index in [0.29, 0.717) is 10.8 Å². The van der Waals surface area contributed by atoms with Gasteiger partial charge in [-0.1, -0.05) is 23.4 Å². The van der Waals surface area contributed by atoms with E-state index in [-0.39, 0.29) is 5.75 Å². The quantitative estimate of drug-likeness (QED) is 0.903. The third kappa shape index (κ3) is 3.08. The number of rotatable bonds is 3. The van der Waals surface area contributed by atoms with Crippen molar-refractivity contribution in [2.45, 2.75) is 9.79 Å². The van der Waals surface area contributed by atoms with Crippen molar-refractivity contribution < 1.29 is 9.84 Å². The van der Waals surface area contributed by atoms with Crippen molar-refractivity contribution in [3.05, 3.63) is 47.5 Å². The molecule has 0 saturated carbocycles. The van der Waals surface area contributed by atoms with Crippen molar-refractivity contribution >= 4 is 23.4 Å². The van der Waals surface area contributed by atoms with Gasteiger partial charge in [-0.3, -0.25) is 0 Å². The highest BCUT2D eigenvalue weighted by molar-refractivity contribution is 7.99. The molecule has 4 heteroatoms. The van der Waals surface area contributed by atoms with E-state index in [4.69, 9.17) is 16.3 Å². The van der Waals surface area contributed by atoms with Gasteiger partial charge in [0.15, 0.2) is 0 Å². The molecule has 2 aromatic rings. The minimum Gasteiger partial charge on any atom is -0.508 e. The predicted molar refractivity (Wildman–Crippen MR) is 70.2 cm³/mol. The fourth-order valence-corrected chi connectivity index (χ4v) is 2.54. The van der Waals surface area contributed by atoms with Gasteiger partial charge in [0.2, 0.25) is 0 Å².